The Hall–Kier alpha value is -2.25. The Morgan fingerprint density at radius 2 is 1.57 bits per heavy atom. The Bertz CT molecular complexity index is 621. The van der Waals surface area contributed by atoms with Gasteiger partial charge < -0.3 is 4.74 Å². The van der Waals surface area contributed by atoms with Crippen molar-refractivity contribution in [2.45, 2.75) is 12.4 Å². The van der Waals surface area contributed by atoms with Crippen LogP contribution in [0.25, 0.3) is 0 Å². The van der Waals surface area contributed by atoms with Gasteiger partial charge in [-0.1, -0.05) is 6.07 Å². The molecule has 2 rings (SSSR count). The maximum atomic E-state index is 12.7. The number of alkyl halides is 6. The summed E-state index contributed by atoms with van der Waals surface area (Å²) in [6, 6.07) is 5.65. The van der Waals surface area contributed by atoms with Crippen LogP contribution in [-0.4, -0.2) is 4.98 Å². The van der Waals surface area contributed by atoms with E-state index in [0.717, 1.165) is 6.07 Å². The lowest BCUT2D eigenvalue weighted by Gasteiger charge is -2.16. The van der Waals surface area contributed by atoms with Gasteiger partial charge in [-0.25, -0.2) is 4.98 Å². The maximum absolute atomic E-state index is 12.7. The van der Waals surface area contributed by atoms with Gasteiger partial charge in [0.25, 0.3) is 0 Å². The van der Waals surface area contributed by atoms with Crippen molar-refractivity contribution < 1.29 is 31.1 Å². The van der Waals surface area contributed by atoms with Crippen molar-refractivity contribution in [1.82, 2.24) is 4.98 Å². The van der Waals surface area contributed by atoms with E-state index in [4.69, 9.17) is 4.74 Å². The second kappa shape index (κ2) is 5.27. The van der Waals surface area contributed by atoms with Gasteiger partial charge in [0.1, 0.15) is 5.75 Å². The Labute approximate surface area is 115 Å². The first-order chi connectivity index (χ1) is 9.68. The van der Waals surface area contributed by atoms with Crippen LogP contribution in [0.15, 0.2) is 36.4 Å². The van der Waals surface area contributed by atoms with Crippen molar-refractivity contribution in [3.8, 4) is 11.6 Å². The highest BCUT2D eigenvalue weighted by atomic mass is 19.4. The van der Waals surface area contributed by atoms with Gasteiger partial charge in [-0.2, -0.15) is 26.3 Å². The third kappa shape index (κ3) is 3.65. The monoisotopic (exact) mass is 306 g/mol. The highest BCUT2D eigenvalue weighted by molar-refractivity contribution is 5.40. The van der Waals surface area contributed by atoms with E-state index < -0.39 is 29.2 Å². The van der Waals surface area contributed by atoms with Crippen molar-refractivity contribution in [2.24, 2.45) is 0 Å². The molecule has 1 aromatic heterocycles. The van der Waals surface area contributed by atoms with E-state index in [1.54, 1.807) is 0 Å². The van der Waals surface area contributed by atoms with E-state index in [9.17, 15) is 26.3 Å². The zero-order chi connectivity index (χ0) is 15.7. The highest BCUT2D eigenvalue weighted by Crippen LogP contribution is 2.42. The second-order valence-corrected chi connectivity index (χ2v) is 3.91. The lowest BCUT2D eigenvalue weighted by Crippen LogP contribution is -2.16. The molecular weight excluding hydrogens is 300 g/mol. The fourth-order valence-corrected chi connectivity index (χ4v) is 1.56. The average molecular weight is 306 g/mol. The lowest BCUT2D eigenvalue weighted by atomic mass is 10.1. The van der Waals surface area contributed by atoms with Crippen LogP contribution >= 0.6 is 0 Å². The van der Waals surface area contributed by atoms with Crippen molar-refractivity contribution in [2.75, 3.05) is 0 Å². The van der Waals surface area contributed by atoms with Crippen LogP contribution in [0.3, 0.4) is 0 Å². The first-order valence-corrected chi connectivity index (χ1v) is 5.47. The van der Waals surface area contributed by atoms with Gasteiger partial charge in [-0.05, 0) is 24.3 Å². The van der Waals surface area contributed by atoms with Crippen molar-refractivity contribution in [3.05, 3.63) is 53.7 Å². The van der Waals surface area contributed by atoms with Crippen LogP contribution in [0.1, 0.15) is 11.1 Å². The molecule has 0 atom stereocenters. The quantitative estimate of drug-likeness (QED) is 0.750. The van der Waals surface area contributed by atoms with Gasteiger partial charge in [-0.3, -0.25) is 0 Å². The van der Waals surface area contributed by atoms with Crippen LogP contribution in [-0.2, 0) is 12.4 Å². The Morgan fingerprint density at radius 1 is 0.905 bits per heavy atom. The molecule has 0 aliphatic heterocycles. The molecule has 0 fully saturated rings. The van der Waals surface area contributed by atoms with Crippen molar-refractivity contribution in [3.63, 3.8) is 0 Å². The predicted octanol–water partition coefficient (Wildman–Crippen LogP) is 4.71. The van der Waals surface area contributed by atoms with E-state index in [1.165, 1.54) is 18.2 Å². The maximum Gasteiger partial charge on any atom is 0.417 e. The van der Waals surface area contributed by atoms with Crippen LogP contribution in [0.2, 0.25) is 0 Å². The van der Waals surface area contributed by atoms with Gasteiger partial charge in [0.15, 0.2) is 0 Å². The van der Waals surface area contributed by atoms with E-state index in [0.29, 0.717) is 6.07 Å². The molecule has 21 heavy (non-hydrogen) atoms. The predicted molar refractivity (Wildman–Crippen MR) is 59.6 cm³/mol. The number of benzene rings is 1. The number of pyridine rings is 1. The normalized spacial score (nSPS) is 12.3. The van der Waals surface area contributed by atoms with Crippen molar-refractivity contribution in [1.29, 1.82) is 0 Å². The summed E-state index contributed by atoms with van der Waals surface area (Å²) in [6.45, 7) is 0. The number of hydrogen-bond acceptors (Lipinski definition) is 2. The highest BCUT2D eigenvalue weighted by Gasteiger charge is 2.43. The summed E-state index contributed by atoms with van der Waals surface area (Å²) >= 11 is 0. The Kier molecular flexibility index (Phi) is 3.80. The molecule has 0 aliphatic rings. The average Bonchev–Trinajstić information content (AvgIpc) is 2.37. The van der Waals surface area contributed by atoms with Crippen LogP contribution in [0, 0.1) is 6.20 Å². The minimum absolute atomic E-state index is 0.0783. The van der Waals surface area contributed by atoms with Crippen molar-refractivity contribution >= 4 is 0 Å². The third-order valence-electron chi connectivity index (χ3n) is 2.41. The topological polar surface area (TPSA) is 22.1 Å². The summed E-state index contributed by atoms with van der Waals surface area (Å²) < 4.78 is 80.9. The Balaban J connectivity index is 2.43. The minimum atomic E-state index is -5.15. The lowest BCUT2D eigenvalue weighted by molar-refractivity contribution is -0.162. The van der Waals surface area contributed by atoms with Gasteiger partial charge in [0.05, 0.1) is 17.3 Å². The number of ether oxygens (including phenoxy) is 1. The zero-order valence-electron chi connectivity index (χ0n) is 10.1. The van der Waals surface area contributed by atoms with Gasteiger partial charge in [0.2, 0.25) is 5.88 Å². The van der Waals surface area contributed by atoms with Gasteiger partial charge in [-0.15, -0.1) is 0 Å². The molecule has 2 nitrogen and oxygen atoms in total. The van der Waals surface area contributed by atoms with Crippen LogP contribution in [0.4, 0.5) is 26.3 Å². The minimum Gasteiger partial charge on any atom is -0.439 e. The summed E-state index contributed by atoms with van der Waals surface area (Å²) in [4.78, 5) is 3.59. The number of rotatable bonds is 2. The Morgan fingerprint density at radius 3 is 2.10 bits per heavy atom. The number of aromatic nitrogens is 1. The van der Waals surface area contributed by atoms with E-state index in [1.807, 2.05) is 0 Å². The first kappa shape index (κ1) is 15.1. The van der Waals surface area contributed by atoms with Crippen LogP contribution in [0.5, 0.6) is 11.6 Å². The zero-order valence-corrected chi connectivity index (χ0v) is 10.1. The molecule has 1 radical (unpaired) electrons. The molecule has 2 aromatic rings. The molecule has 0 saturated carbocycles. The summed E-state index contributed by atoms with van der Waals surface area (Å²) in [7, 11) is 0. The first-order valence-electron chi connectivity index (χ1n) is 5.47. The largest absolute Gasteiger partial charge is 0.439 e. The molecule has 0 bridgehead atoms. The second-order valence-electron chi connectivity index (χ2n) is 3.91. The smallest absolute Gasteiger partial charge is 0.417 e. The molecule has 8 heteroatoms. The molecule has 1 aromatic carbocycles. The van der Waals surface area contributed by atoms with Gasteiger partial charge >= 0.3 is 12.4 Å². The van der Waals surface area contributed by atoms with E-state index in [-0.39, 0.29) is 11.9 Å². The van der Waals surface area contributed by atoms with E-state index in [2.05, 4.69) is 11.2 Å². The number of halogens is 6. The van der Waals surface area contributed by atoms with Crippen LogP contribution < -0.4 is 4.74 Å². The van der Waals surface area contributed by atoms with Gasteiger partial charge in [0, 0.05) is 6.07 Å². The molecule has 0 N–H and O–H groups in total. The summed E-state index contributed by atoms with van der Waals surface area (Å²) in [5.74, 6) is -0.479. The molecule has 1 heterocycles. The number of nitrogens with zero attached hydrogens (tertiary/aromatic N) is 1. The fraction of sp³-hybridized carbons (Fsp3) is 0.154. The molecule has 0 aliphatic carbocycles. The SMILES string of the molecule is FC(F)(F)c1ccc(Oc2ccc[c]n2)cc1C(F)(F)F. The number of hydrogen-bond donors (Lipinski definition) is 0. The standard InChI is InChI=1S/C13H6F6NO/c14-12(15,16)9-5-4-8(7-10(9)13(17,18)19)21-11-3-1-2-6-20-11/h1-5,7H. The molecule has 0 spiro atoms. The molecule has 0 amide bonds. The summed E-state index contributed by atoms with van der Waals surface area (Å²) in [5, 5.41) is 0. The fourth-order valence-electron chi connectivity index (χ4n) is 1.56. The molecular formula is C13H6F6NO. The summed E-state index contributed by atoms with van der Waals surface area (Å²) in [5.41, 5.74) is -3.58. The molecule has 0 unspecified atom stereocenters. The summed E-state index contributed by atoms with van der Waals surface area (Å²) in [6.07, 6.45) is -7.88. The van der Waals surface area contributed by atoms with E-state index >= 15 is 0 Å². The molecule has 0 saturated heterocycles. The molecule has 111 valence electrons. The third-order valence-corrected chi connectivity index (χ3v) is 2.41.